The third kappa shape index (κ3) is 4.51. The first-order valence-corrected chi connectivity index (χ1v) is 7.38. The summed E-state index contributed by atoms with van der Waals surface area (Å²) in [6.07, 6.45) is 2.54. The number of ether oxygens (including phenoxy) is 1. The molecule has 1 aliphatic rings. The summed E-state index contributed by atoms with van der Waals surface area (Å²) < 4.78 is 18.8. The van der Waals surface area contributed by atoms with Gasteiger partial charge in [0.1, 0.15) is 11.7 Å². The molecule has 0 amide bonds. The Morgan fingerprint density at radius 1 is 1.48 bits per heavy atom. The molecule has 1 aromatic carbocycles. The van der Waals surface area contributed by atoms with E-state index in [1.54, 1.807) is 13.2 Å². The van der Waals surface area contributed by atoms with E-state index in [0.717, 1.165) is 18.0 Å². The van der Waals surface area contributed by atoms with Gasteiger partial charge in [0.2, 0.25) is 0 Å². The van der Waals surface area contributed by atoms with E-state index in [1.807, 2.05) is 0 Å². The SMILES string of the molecule is COCCN(Cc1cc(F)cc(C(=N)N)c1)C(C)C1CC1. The Hall–Kier alpha value is -1.46. The van der Waals surface area contributed by atoms with Crippen molar-refractivity contribution in [3.63, 3.8) is 0 Å². The molecule has 0 bridgehead atoms. The van der Waals surface area contributed by atoms with E-state index in [1.165, 1.54) is 25.0 Å². The lowest BCUT2D eigenvalue weighted by Gasteiger charge is -2.29. The lowest BCUT2D eigenvalue weighted by atomic mass is 10.1. The predicted molar refractivity (Wildman–Crippen MR) is 81.9 cm³/mol. The molecule has 0 radical (unpaired) electrons. The van der Waals surface area contributed by atoms with Crippen molar-refractivity contribution < 1.29 is 9.13 Å². The molecule has 1 saturated carbocycles. The molecular formula is C16H24FN3O. The number of nitrogens with two attached hydrogens (primary N) is 1. The van der Waals surface area contributed by atoms with Crippen LogP contribution in [0.25, 0.3) is 0 Å². The number of nitrogens with zero attached hydrogens (tertiary/aromatic N) is 1. The number of nitrogen functional groups attached to an aromatic ring is 1. The van der Waals surface area contributed by atoms with E-state index in [-0.39, 0.29) is 11.7 Å². The average molecular weight is 293 g/mol. The molecule has 0 heterocycles. The number of amidine groups is 1. The van der Waals surface area contributed by atoms with Crippen LogP contribution in [-0.2, 0) is 11.3 Å². The minimum Gasteiger partial charge on any atom is -0.384 e. The fraction of sp³-hybridized carbons (Fsp3) is 0.562. The van der Waals surface area contributed by atoms with Gasteiger partial charge < -0.3 is 10.5 Å². The van der Waals surface area contributed by atoms with Crippen LogP contribution < -0.4 is 5.73 Å². The highest BCUT2D eigenvalue weighted by Gasteiger charge is 2.31. The zero-order valence-electron chi connectivity index (χ0n) is 12.7. The molecule has 3 N–H and O–H groups in total. The van der Waals surface area contributed by atoms with E-state index < -0.39 is 0 Å². The maximum atomic E-state index is 13.7. The summed E-state index contributed by atoms with van der Waals surface area (Å²) in [4.78, 5) is 2.32. The predicted octanol–water partition coefficient (Wildman–Crippen LogP) is 2.36. The molecule has 21 heavy (non-hydrogen) atoms. The smallest absolute Gasteiger partial charge is 0.124 e. The van der Waals surface area contributed by atoms with Gasteiger partial charge in [0.05, 0.1) is 6.61 Å². The van der Waals surface area contributed by atoms with Crippen LogP contribution >= 0.6 is 0 Å². The van der Waals surface area contributed by atoms with Gasteiger partial charge >= 0.3 is 0 Å². The maximum Gasteiger partial charge on any atom is 0.124 e. The van der Waals surface area contributed by atoms with Crippen molar-refractivity contribution in [3.05, 3.63) is 35.1 Å². The number of rotatable bonds is 8. The van der Waals surface area contributed by atoms with Crippen LogP contribution in [-0.4, -0.2) is 37.0 Å². The van der Waals surface area contributed by atoms with E-state index in [9.17, 15) is 4.39 Å². The molecule has 1 aromatic rings. The van der Waals surface area contributed by atoms with Gasteiger partial charge in [0.15, 0.2) is 0 Å². The first kappa shape index (κ1) is 15.9. The number of benzene rings is 1. The standard InChI is InChI=1S/C16H24FN3O/c1-11(13-3-4-13)20(5-6-21-2)10-12-7-14(16(18)19)9-15(17)8-12/h7-9,11,13H,3-6,10H2,1-2H3,(H3,18,19). The summed E-state index contributed by atoms with van der Waals surface area (Å²) in [6.45, 7) is 4.35. The molecule has 2 rings (SSSR count). The van der Waals surface area contributed by atoms with Crippen molar-refractivity contribution in [3.8, 4) is 0 Å². The Balaban J connectivity index is 2.12. The Bertz CT molecular complexity index is 502. The van der Waals surface area contributed by atoms with Gasteiger partial charge in [-0.15, -0.1) is 0 Å². The van der Waals surface area contributed by atoms with Crippen molar-refractivity contribution >= 4 is 5.84 Å². The Labute approximate surface area is 125 Å². The summed E-state index contributed by atoms with van der Waals surface area (Å²) in [5.41, 5.74) is 6.75. The highest BCUT2D eigenvalue weighted by Crippen LogP contribution is 2.35. The molecule has 0 saturated heterocycles. The molecule has 0 aliphatic heterocycles. The summed E-state index contributed by atoms with van der Waals surface area (Å²) in [7, 11) is 1.69. The van der Waals surface area contributed by atoms with Gasteiger partial charge in [-0.25, -0.2) is 4.39 Å². The molecule has 1 unspecified atom stereocenters. The third-order valence-electron chi connectivity index (χ3n) is 4.12. The van der Waals surface area contributed by atoms with E-state index in [4.69, 9.17) is 15.9 Å². The minimum absolute atomic E-state index is 0.102. The average Bonchev–Trinajstić information content (AvgIpc) is 3.26. The lowest BCUT2D eigenvalue weighted by molar-refractivity contribution is 0.111. The summed E-state index contributed by atoms with van der Waals surface area (Å²) >= 11 is 0. The third-order valence-corrected chi connectivity index (χ3v) is 4.12. The molecule has 1 aliphatic carbocycles. The second kappa shape index (κ2) is 7.00. The van der Waals surface area contributed by atoms with Crippen LogP contribution in [0.5, 0.6) is 0 Å². The Morgan fingerprint density at radius 3 is 2.76 bits per heavy atom. The number of methoxy groups -OCH3 is 1. The van der Waals surface area contributed by atoms with Gasteiger partial charge in [-0.1, -0.05) is 0 Å². The molecular weight excluding hydrogens is 269 g/mol. The highest BCUT2D eigenvalue weighted by molar-refractivity contribution is 5.95. The molecule has 1 atom stereocenters. The van der Waals surface area contributed by atoms with Crippen LogP contribution in [0.2, 0.25) is 0 Å². The molecule has 4 nitrogen and oxygen atoms in total. The van der Waals surface area contributed by atoms with Crippen LogP contribution in [0.1, 0.15) is 30.9 Å². The minimum atomic E-state index is -0.344. The van der Waals surface area contributed by atoms with Gasteiger partial charge in [0, 0.05) is 31.8 Å². The molecule has 5 heteroatoms. The Kier molecular flexibility index (Phi) is 5.31. The van der Waals surface area contributed by atoms with Crippen LogP contribution in [0, 0.1) is 17.1 Å². The quantitative estimate of drug-likeness (QED) is 0.571. The fourth-order valence-corrected chi connectivity index (χ4v) is 2.64. The zero-order chi connectivity index (χ0) is 15.4. The topological polar surface area (TPSA) is 62.3 Å². The fourth-order valence-electron chi connectivity index (χ4n) is 2.64. The highest BCUT2D eigenvalue weighted by atomic mass is 19.1. The van der Waals surface area contributed by atoms with Crippen molar-refractivity contribution in [2.24, 2.45) is 11.7 Å². The number of hydrogen-bond acceptors (Lipinski definition) is 3. The second-order valence-corrected chi connectivity index (χ2v) is 5.80. The van der Waals surface area contributed by atoms with Crippen molar-refractivity contribution in [2.45, 2.75) is 32.4 Å². The summed E-state index contributed by atoms with van der Waals surface area (Å²) in [6, 6.07) is 5.08. The molecule has 0 spiro atoms. The second-order valence-electron chi connectivity index (χ2n) is 5.80. The first-order valence-electron chi connectivity index (χ1n) is 7.38. The summed E-state index contributed by atoms with van der Waals surface area (Å²) in [5, 5.41) is 7.46. The molecule has 116 valence electrons. The van der Waals surface area contributed by atoms with Crippen molar-refractivity contribution in [1.29, 1.82) is 5.41 Å². The van der Waals surface area contributed by atoms with Crippen LogP contribution in [0.15, 0.2) is 18.2 Å². The number of hydrogen-bond donors (Lipinski definition) is 2. The van der Waals surface area contributed by atoms with Gasteiger partial charge in [0.25, 0.3) is 0 Å². The van der Waals surface area contributed by atoms with E-state index in [2.05, 4.69) is 11.8 Å². The normalized spacial score (nSPS) is 16.2. The van der Waals surface area contributed by atoms with E-state index >= 15 is 0 Å². The van der Waals surface area contributed by atoms with Crippen molar-refractivity contribution in [1.82, 2.24) is 4.90 Å². The van der Waals surface area contributed by atoms with Gasteiger partial charge in [-0.3, -0.25) is 10.3 Å². The van der Waals surface area contributed by atoms with Gasteiger partial charge in [-0.2, -0.15) is 0 Å². The Morgan fingerprint density at radius 2 is 2.19 bits per heavy atom. The molecule has 1 fully saturated rings. The lowest BCUT2D eigenvalue weighted by Crippen LogP contribution is -2.36. The maximum absolute atomic E-state index is 13.7. The first-order chi connectivity index (χ1) is 10.0. The van der Waals surface area contributed by atoms with Gasteiger partial charge in [-0.05, 0) is 49.4 Å². The largest absolute Gasteiger partial charge is 0.384 e. The summed E-state index contributed by atoms with van der Waals surface area (Å²) in [5.74, 6) is 0.292. The number of halogens is 1. The molecule has 0 aromatic heterocycles. The van der Waals surface area contributed by atoms with Crippen LogP contribution in [0.3, 0.4) is 0 Å². The van der Waals surface area contributed by atoms with Crippen molar-refractivity contribution in [2.75, 3.05) is 20.3 Å². The zero-order valence-corrected chi connectivity index (χ0v) is 12.7. The van der Waals surface area contributed by atoms with Crippen LogP contribution in [0.4, 0.5) is 4.39 Å². The number of nitrogens with one attached hydrogen (secondary N) is 1. The van der Waals surface area contributed by atoms with E-state index in [0.29, 0.717) is 24.8 Å². The monoisotopic (exact) mass is 293 g/mol.